The van der Waals surface area contributed by atoms with Gasteiger partial charge >= 0.3 is 0 Å². The number of hydrogen-bond donors (Lipinski definition) is 1. The molecule has 0 aliphatic carbocycles. The summed E-state index contributed by atoms with van der Waals surface area (Å²) in [6, 6.07) is 0.0363. The van der Waals surface area contributed by atoms with Crippen LogP contribution in [0.3, 0.4) is 0 Å². The van der Waals surface area contributed by atoms with Gasteiger partial charge in [-0.2, -0.15) is 0 Å². The predicted molar refractivity (Wildman–Crippen MR) is 56.6 cm³/mol. The molecule has 0 amide bonds. The van der Waals surface area contributed by atoms with Gasteiger partial charge in [0.2, 0.25) is 0 Å². The summed E-state index contributed by atoms with van der Waals surface area (Å²) < 4.78 is 21.9. The summed E-state index contributed by atoms with van der Waals surface area (Å²) in [5.41, 5.74) is 0.200. The third kappa shape index (κ3) is 9.83. The molecule has 0 saturated carbocycles. The van der Waals surface area contributed by atoms with Crippen LogP contribution >= 0.6 is 0 Å². The first kappa shape index (κ1) is 12.9. The molecule has 4 heteroatoms. The molecular weight excluding hydrogens is 186 g/mol. The smallest absolute Gasteiger partial charge is 0.148 e. The van der Waals surface area contributed by atoms with Crippen molar-refractivity contribution in [2.45, 2.75) is 33.7 Å². The molecule has 0 aromatic rings. The van der Waals surface area contributed by atoms with E-state index in [-0.39, 0.29) is 17.2 Å². The molecule has 0 radical (unpaired) electrons. The molecule has 1 atom stereocenters. The first-order valence-corrected chi connectivity index (χ1v) is 6.57. The Morgan fingerprint density at radius 1 is 1.31 bits per heavy atom. The third-order valence-corrected chi connectivity index (χ3v) is 2.64. The van der Waals surface area contributed by atoms with Gasteiger partial charge in [0.25, 0.3) is 0 Å². The van der Waals surface area contributed by atoms with E-state index in [1.54, 1.807) is 0 Å². The second kappa shape index (κ2) is 4.42. The summed E-state index contributed by atoms with van der Waals surface area (Å²) in [4.78, 5) is 0. The second-order valence-corrected chi connectivity index (χ2v) is 7.12. The van der Waals surface area contributed by atoms with E-state index in [0.717, 1.165) is 6.54 Å². The molecule has 13 heavy (non-hydrogen) atoms. The molecule has 0 aliphatic heterocycles. The fourth-order valence-electron chi connectivity index (χ4n) is 0.993. The van der Waals surface area contributed by atoms with Crippen molar-refractivity contribution < 1.29 is 8.42 Å². The van der Waals surface area contributed by atoms with Gasteiger partial charge in [-0.05, 0) is 12.3 Å². The largest absolute Gasteiger partial charge is 0.313 e. The molecular formula is C9H21NO2S. The minimum atomic E-state index is -2.85. The lowest BCUT2D eigenvalue weighted by atomic mass is 9.97. The summed E-state index contributed by atoms with van der Waals surface area (Å²) in [7, 11) is -2.85. The average Bonchev–Trinajstić information content (AvgIpc) is 1.78. The van der Waals surface area contributed by atoms with Crippen molar-refractivity contribution >= 4 is 9.84 Å². The van der Waals surface area contributed by atoms with Crippen LogP contribution < -0.4 is 5.32 Å². The van der Waals surface area contributed by atoms with E-state index in [1.807, 2.05) is 6.92 Å². The average molecular weight is 207 g/mol. The van der Waals surface area contributed by atoms with Crippen molar-refractivity contribution in [2.75, 3.05) is 18.6 Å². The molecule has 0 heterocycles. The fraction of sp³-hybridized carbons (Fsp3) is 1.00. The van der Waals surface area contributed by atoms with Gasteiger partial charge in [0.05, 0.1) is 5.75 Å². The molecule has 1 N–H and O–H groups in total. The number of sulfone groups is 1. The van der Waals surface area contributed by atoms with Gasteiger partial charge < -0.3 is 5.32 Å². The Morgan fingerprint density at radius 2 is 1.77 bits per heavy atom. The van der Waals surface area contributed by atoms with Gasteiger partial charge in [-0.1, -0.05) is 20.8 Å². The van der Waals surface area contributed by atoms with E-state index in [0.29, 0.717) is 0 Å². The highest BCUT2D eigenvalue weighted by Crippen LogP contribution is 2.10. The van der Waals surface area contributed by atoms with Crippen LogP contribution in [0.1, 0.15) is 27.7 Å². The van der Waals surface area contributed by atoms with E-state index in [2.05, 4.69) is 26.1 Å². The number of hydrogen-bond acceptors (Lipinski definition) is 3. The molecule has 0 aliphatic rings. The zero-order valence-corrected chi connectivity index (χ0v) is 10.0. The van der Waals surface area contributed by atoms with Crippen LogP contribution in [0.15, 0.2) is 0 Å². The second-order valence-electron chi connectivity index (χ2n) is 4.94. The van der Waals surface area contributed by atoms with Gasteiger partial charge in [-0.3, -0.25) is 0 Å². The predicted octanol–water partition coefficient (Wildman–Crippen LogP) is 1.06. The summed E-state index contributed by atoms with van der Waals surface area (Å²) >= 11 is 0. The molecule has 1 unspecified atom stereocenters. The topological polar surface area (TPSA) is 46.2 Å². The Morgan fingerprint density at radius 3 is 2.08 bits per heavy atom. The fourth-order valence-corrected chi connectivity index (χ4v) is 2.02. The lowest BCUT2D eigenvalue weighted by molar-refractivity contribution is 0.363. The first-order valence-electron chi connectivity index (χ1n) is 4.51. The molecule has 80 valence electrons. The molecule has 0 spiro atoms. The molecule has 0 aromatic carbocycles. The van der Waals surface area contributed by atoms with Crippen molar-refractivity contribution in [1.82, 2.24) is 5.32 Å². The Kier molecular flexibility index (Phi) is 4.39. The highest BCUT2D eigenvalue weighted by Gasteiger charge is 2.14. The SMILES string of the molecule is CC(CS(C)(=O)=O)NCC(C)(C)C. The maximum Gasteiger partial charge on any atom is 0.148 e. The van der Waals surface area contributed by atoms with Crippen LogP contribution in [0.5, 0.6) is 0 Å². The van der Waals surface area contributed by atoms with Crippen molar-refractivity contribution in [1.29, 1.82) is 0 Å². The summed E-state index contributed by atoms with van der Waals surface area (Å²) in [5, 5.41) is 3.20. The normalized spacial score (nSPS) is 15.8. The van der Waals surface area contributed by atoms with E-state index in [4.69, 9.17) is 0 Å². The minimum Gasteiger partial charge on any atom is -0.313 e. The van der Waals surface area contributed by atoms with Gasteiger partial charge in [0.15, 0.2) is 0 Å². The summed E-state index contributed by atoms with van der Waals surface area (Å²) in [5.74, 6) is 0.211. The molecule has 0 bridgehead atoms. The Hall–Kier alpha value is -0.0900. The highest BCUT2D eigenvalue weighted by molar-refractivity contribution is 7.90. The van der Waals surface area contributed by atoms with Crippen molar-refractivity contribution in [3.05, 3.63) is 0 Å². The van der Waals surface area contributed by atoms with Crippen LogP contribution in [0.4, 0.5) is 0 Å². The van der Waals surface area contributed by atoms with Crippen LogP contribution in [0.25, 0.3) is 0 Å². The minimum absolute atomic E-state index is 0.0363. The van der Waals surface area contributed by atoms with Gasteiger partial charge in [-0.15, -0.1) is 0 Å². The van der Waals surface area contributed by atoms with Crippen molar-refractivity contribution in [3.63, 3.8) is 0 Å². The van der Waals surface area contributed by atoms with E-state index < -0.39 is 9.84 Å². The highest BCUT2D eigenvalue weighted by atomic mass is 32.2. The quantitative estimate of drug-likeness (QED) is 0.749. The standard InChI is InChI=1S/C9H21NO2S/c1-8(6-13(5,11)12)10-7-9(2,3)4/h8,10H,6-7H2,1-5H3. The van der Waals surface area contributed by atoms with Crippen molar-refractivity contribution in [2.24, 2.45) is 5.41 Å². The molecule has 0 aromatic heterocycles. The maximum absolute atomic E-state index is 10.9. The maximum atomic E-state index is 10.9. The Balaban J connectivity index is 3.84. The molecule has 0 rings (SSSR count). The van der Waals surface area contributed by atoms with Gasteiger partial charge in [0.1, 0.15) is 9.84 Å². The zero-order valence-electron chi connectivity index (χ0n) is 9.22. The Bertz CT molecular complexity index is 239. The molecule has 0 saturated heterocycles. The lowest BCUT2D eigenvalue weighted by Crippen LogP contribution is -2.37. The summed E-state index contributed by atoms with van der Waals surface area (Å²) in [6.45, 7) is 9.09. The van der Waals surface area contributed by atoms with E-state index in [1.165, 1.54) is 6.26 Å². The monoisotopic (exact) mass is 207 g/mol. The molecule has 0 fully saturated rings. The van der Waals surface area contributed by atoms with Crippen LogP contribution in [-0.2, 0) is 9.84 Å². The number of nitrogens with one attached hydrogen (secondary N) is 1. The van der Waals surface area contributed by atoms with Crippen LogP contribution in [0.2, 0.25) is 0 Å². The van der Waals surface area contributed by atoms with Crippen LogP contribution in [0, 0.1) is 5.41 Å². The van der Waals surface area contributed by atoms with Crippen molar-refractivity contribution in [3.8, 4) is 0 Å². The third-order valence-electron chi connectivity index (χ3n) is 1.53. The first-order chi connectivity index (χ1) is 5.60. The van der Waals surface area contributed by atoms with E-state index in [9.17, 15) is 8.42 Å². The summed E-state index contributed by atoms with van der Waals surface area (Å²) in [6.07, 6.45) is 1.27. The Labute approximate surface area is 81.8 Å². The lowest BCUT2D eigenvalue weighted by Gasteiger charge is -2.22. The molecule has 3 nitrogen and oxygen atoms in total. The van der Waals surface area contributed by atoms with Gasteiger partial charge in [0, 0.05) is 18.8 Å². The van der Waals surface area contributed by atoms with Gasteiger partial charge in [-0.25, -0.2) is 8.42 Å². The van der Waals surface area contributed by atoms with E-state index >= 15 is 0 Å². The number of rotatable bonds is 4. The zero-order chi connectivity index (χ0) is 10.7. The van der Waals surface area contributed by atoms with Crippen LogP contribution in [-0.4, -0.2) is 33.0 Å².